The highest BCUT2D eigenvalue weighted by molar-refractivity contribution is 5.83. The number of Topliss-reactive ketones (excluding diaryl/α,β-unsaturated/α-hetero) is 1. The van der Waals surface area contributed by atoms with Crippen molar-refractivity contribution in [3.05, 3.63) is 58.7 Å². The molecule has 0 heterocycles. The number of hydrogen-bond donors (Lipinski definition) is 1. The van der Waals surface area contributed by atoms with E-state index in [0.29, 0.717) is 24.3 Å². The number of anilines is 1. The average molecular weight is 401 g/mol. The van der Waals surface area contributed by atoms with E-state index in [-0.39, 0.29) is 12.4 Å². The Balaban J connectivity index is 1.52. The van der Waals surface area contributed by atoms with Crippen molar-refractivity contribution in [3.8, 4) is 5.75 Å². The van der Waals surface area contributed by atoms with Gasteiger partial charge < -0.3 is 10.1 Å². The molecular weight excluding hydrogens is 372 g/mol. The summed E-state index contributed by atoms with van der Waals surface area (Å²) in [6.07, 6.45) is 6.80. The molecule has 2 aromatic carbocycles. The second kappa shape index (κ2) is 9.86. The molecule has 3 rings (SSSR count). The molecular formula is C24H29F2NO2. The van der Waals surface area contributed by atoms with Crippen LogP contribution in [0.1, 0.15) is 55.2 Å². The number of halogens is 2. The summed E-state index contributed by atoms with van der Waals surface area (Å²) in [6.45, 7) is 4.41. The monoisotopic (exact) mass is 401 g/mol. The third-order valence-corrected chi connectivity index (χ3v) is 5.66. The van der Waals surface area contributed by atoms with Crippen molar-refractivity contribution in [2.45, 2.75) is 59.0 Å². The van der Waals surface area contributed by atoms with Gasteiger partial charge in [-0.3, -0.25) is 4.79 Å². The smallest absolute Gasteiger partial charge is 0.159 e. The van der Waals surface area contributed by atoms with Gasteiger partial charge in [0.1, 0.15) is 12.4 Å². The number of hydrogen-bond acceptors (Lipinski definition) is 3. The zero-order valence-corrected chi connectivity index (χ0v) is 17.2. The Kier molecular flexibility index (Phi) is 7.24. The maximum absolute atomic E-state index is 13.3. The van der Waals surface area contributed by atoms with Gasteiger partial charge in [0.05, 0.1) is 6.54 Å². The van der Waals surface area contributed by atoms with Gasteiger partial charge in [0, 0.05) is 12.1 Å². The minimum atomic E-state index is -0.879. The molecule has 0 amide bonds. The van der Waals surface area contributed by atoms with E-state index in [1.165, 1.54) is 31.7 Å². The third kappa shape index (κ3) is 6.02. The quantitative estimate of drug-likeness (QED) is 0.551. The van der Waals surface area contributed by atoms with Crippen LogP contribution in [-0.4, -0.2) is 12.3 Å². The Morgan fingerprint density at radius 1 is 1.07 bits per heavy atom. The fourth-order valence-corrected chi connectivity index (χ4v) is 4.02. The Morgan fingerprint density at radius 2 is 1.76 bits per heavy atom. The standard InChI is InChI=1S/C24H29F2NO2/c1-16-11-21(29-15-19-8-10-22(25)23(26)13-19)12-17(2)24(16)27-14-20(28)9-7-18-5-3-4-6-18/h8,10-13,18,27H,3-7,9,14-15H2,1-2H3. The van der Waals surface area contributed by atoms with Crippen LogP contribution in [0.25, 0.3) is 0 Å². The molecule has 0 bridgehead atoms. The average Bonchev–Trinajstić information content (AvgIpc) is 3.20. The number of ketones is 1. The van der Waals surface area contributed by atoms with E-state index in [1.54, 1.807) is 0 Å². The van der Waals surface area contributed by atoms with Gasteiger partial charge in [-0.1, -0.05) is 31.7 Å². The van der Waals surface area contributed by atoms with E-state index < -0.39 is 11.6 Å². The van der Waals surface area contributed by atoms with Crippen LogP contribution < -0.4 is 10.1 Å². The summed E-state index contributed by atoms with van der Waals surface area (Å²) in [7, 11) is 0. The first-order chi connectivity index (χ1) is 13.9. The van der Waals surface area contributed by atoms with Crippen molar-refractivity contribution in [1.82, 2.24) is 0 Å². The lowest BCUT2D eigenvalue weighted by Crippen LogP contribution is -2.16. The number of benzene rings is 2. The number of carbonyl (C=O) groups is 1. The molecule has 0 atom stereocenters. The second-order valence-electron chi connectivity index (χ2n) is 8.05. The summed E-state index contributed by atoms with van der Waals surface area (Å²) >= 11 is 0. The predicted octanol–water partition coefficient (Wildman–Crippen LogP) is 6.11. The molecule has 1 aliphatic carbocycles. The first-order valence-electron chi connectivity index (χ1n) is 10.4. The fraction of sp³-hybridized carbons (Fsp3) is 0.458. The molecule has 0 aliphatic heterocycles. The van der Waals surface area contributed by atoms with E-state index in [0.717, 1.165) is 41.3 Å². The maximum Gasteiger partial charge on any atom is 0.159 e. The lowest BCUT2D eigenvalue weighted by atomic mass is 10.00. The lowest BCUT2D eigenvalue weighted by Gasteiger charge is -2.15. The molecule has 0 spiro atoms. The van der Waals surface area contributed by atoms with Crippen molar-refractivity contribution in [3.63, 3.8) is 0 Å². The summed E-state index contributed by atoms with van der Waals surface area (Å²) in [5, 5.41) is 3.27. The van der Waals surface area contributed by atoms with E-state index in [9.17, 15) is 13.6 Å². The zero-order valence-electron chi connectivity index (χ0n) is 17.2. The zero-order chi connectivity index (χ0) is 20.8. The molecule has 0 radical (unpaired) electrons. The molecule has 3 nitrogen and oxygen atoms in total. The highest BCUT2D eigenvalue weighted by atomic mass is 19.2. The normalized spacial score (nSPS) is 14.2. The number of aryl methyl sites for hydroxylation is 2. The molecule has 1 aliphatic rings. The van der Waals surface area contributed by atoms with Gasteiger partial charge in [0.25, 0.3) is 0 Å². The van der Waals surface area contributed by atoms with Gasteiger partial charge in [-0.05, 0) is 67.1 Å². The number of nitrogens with one attached hydrogen (secondary N) is 1. The Hall–Kier alpha value is -2.43. The molecule has 29 heavy (non-hydrogen) atoms. The van der Waals surface area contributed by atoms with E-state index in [4.69, 9.17) is 4.74 Å². The largest absolute Gasteiger partial charge is 0.489 e. The van der Waals surface area contributed by atoms with Crippen LogP contribution in [0.15, 0.2) is 30.3 Å². The number of rotatable bonds is 9. The van der Waals surface area contributed by atoms with Crippen LogP contribution in [0.4, 0.5) is 14.5 Å². The maximum atomic E-state index is 13.3. The van der Waals surface area contributed by atoms with Crippen molar-refractivity contribution in [2.75, 3.05) is 11.9 Å². The Bertz CT molecular complexity index is 837. The van der Waals surface area contributed by atoms with Crippen LogP contribution in [0.2, 0.25) is 0 Å². The molecule has 0 unspecified atom stereocenters. The lowest BCUT2D eigenvalue weighted by molar-refractivity contribution is -0.117. The van der Waals surface area contributed by atoms with Gasteiger partial charge in [-0.2, -0.15) is 0 Å². The van der Waals surface area contributed by atoms with Gasteiger partial charge in [0.15, 0.2) is 17.4 Å². The minimum Gasteiger partial charge on any atom is -0.489 e. The number of ether oxygens (including phenoxy) is 1. The van der Waals surface area contributed by atoms with Gasteiger partial charge in [-0.15, -0.1) is 0 Å². The molecule has 0 saturated heterocycles. The van der Waals surface area contributed by atoms with Crippen LogP contribution in [0.3, 0.4) is 0 Å². The summed E-state index contributed by atoms with van der Waals surface area (Å²) in [6, 6.07) is 7.52. The first kappa shape index (κ1) is 21.3. The van der Waals surface area contributed by atoms with Crippen molar-refractivity contribution < 1.29 is 18.3 Å². The van der Waals surface area contributed by atoms with Crippen LogP contribution >= 0.6 is 0 Å². The van der Waals surface area contributed by atoms with E-state index in [1.807, 2.05) is 26.0 Å². The first-order valence-corrected chi connectivity index (χ1v) is 10.4. The summed E-state index contributed by atoms with van der Waals surface area (Å²) in [5.74, 6) is -0.116. The highest BCUT2D eigenvalue weighted by Crippen LogP contribution is 2.29. The van der Waals surface area contributed by atoms with Crippen LogP contribution in [0, 0.1) is 31.4 Å². The summed E-state index contributed by atoms with van der Waals surface area (Å²) in [4.78, 5) is 12.2. The third-order valence-electron chi connectivity index (χ3n) is 5.66. The Labute approximate surface area is 171 Å². The topological polar surface area (TPSA) is 38.3 Å². The second-order valence-corrected chi connectivity index (χ2v) is 8.05. The number of carbonyl (C=O) groups excluding carboxylic acids is 1. The highest BCUT2D eigenvalue weighted by Gasteiger charge is 2.16. The molecule has 156 valence electrons. The van der Waals surface area contributed by atoms with E-state index in [2.05, 4.69) is 5.32 Å². The summed E-state index contributed by atoms with van der Waals surface area (Å²) < 4.78 is 32.1. The molecule has 1 N–H and O–H groups in total. The van der Waals surface area contributed by atoms with Crippen molar-refractivity contribution in [1.29, 1.82) is 0 Å². The molecule has 1 fully saturated rings. The van der Waals surface area contributed by atoms with Crippen LogP contribution in [-0.2, 0) is 11.4 Å². The predicted molar refractivity (Wildman–Crippen MR) is 111 cm³/mol. The molecule has 1 saturated carbocycles. The van der Waals surface area contributed by atoms with Gasteiger partial charge in [-0.25, -0.2) is 8.78 Å². The van der Waals surface area contributed by atoms with Crippen LogP contribution in [0.5, 0.6) is 5.75 Å². The van der Waals surface area contributed by atoms with E-state index >= 15 is 0 Å². The van der Waals surface area contributed by atoms with Crippen molar-refractivity contribution >= 4 is 11.5 Å². The SMILES string of the molecule is Cc1cc(OCc2ccc(F)c(F)c2)cc(C)c1NCC(=O)CCC1CCCC1. The van der Waals surface area contributed by atoms with Crippen molar-refractivity contribution in [2.24, 2.45) is 5.92 Å². The minimum absolute atomic E-state index is 0.155. The molecule has 5 heteroatoms. The van der Waals surface area contributed by atoms with Gasteiger partial charge in [0.2, 0.25) is 0 Å². The summed E-state index contributed by atoms with van der Waals surface area (Å²) in [5.41, 5.74) is 3.47. The fourth-order valence-electron chi connectivity index (χ4n) is 4.02. The Morgan fingerprint density at radius 3 is 2.41 bits per heavy atom. The molecule has 2 aromatic rings. The molecule has 0 aromatic heterocycles. The van der Waals surface area contributed by atoms with Gasteiger partial charge >= 0.3 is 0 Å².